The summed E-state index contributed by atoms with van der Waals surface area (Å²) in [4.78, 5) is 1.48. The van der Waals surface area contributed by atoms with Crippen LogP contribution in [-0.4, -0.2) is 26.8 Å². The first-order valence-corrected chi connectivity index (χ1v) is 7.20. The van der Waals surface area contributed by atoms with Gasteiger partial charge in [-0.2, -0.15) is 4.80 Å². The second-order valence-electron chi connectivity index (χ2n) is 4.91. The van der Waals surface area contributed by atoms with E-state index in [1.165, 1.54) is 4.80 Å². The van der Waals surface area contributed by atoms with Crippen molar-refractivity contribution < 1.29 is 0 Å². The Labute approximate surface area is 124 Å². The molecule has 6 heteroatoms. The van der Waals surface area contributed by atoms with E-state index in [2.05, 4.69) is 33.7 Å². The topological polar surface area (TPSA) is 55.6 Å². The van der Waals surface area contributed by atoms with E-state index in [9.17, 15) is 0 Å². The van der Waals surface area contributed by atoms with Gasteiger partial charge in [0.05, 0.1) is 7.05 Å². The number of hydrogen-bond acceptors (Lipinski definition) is 4. The molecule has 0 saturated carbocycles. The Balaban J connectivity index is 2.19. The number of rotatable bonds is 6. The molecule has 1 N–H and O–H groups in total. The summed E-state index contributed by atoms with van der Waals surface area (Å²) >= 11 is 6.22. The smallest absolute Gasteiger partial charge is 0.176 e. The lowest BCUT2D eigenvalue weighted by molar-refractivity contribution is 0.517. The maximum atomic E-state index is 6.22. The number of benzene rings is 1. The number of hydrogen-bond donors (Lipinski definition) is 1. The van der Waals surface area contributed by atoms with E-state index >= 15 is 0 Å². The molecule has 0 fully saturated rings. The van der Waals surface area contributed by atoms with Crippen LogP contribution in [-0.2, 0) is 13.5 Å². The second kappa shape index (κ2) is 6.81. The van der Waals surface area contributed by atoms with E-state index in [4.69, 9.17) is 11.6 Å². The normalized spacial score (nSPS) is 12.6. The largest absolute Gasteiger partial charge is 0.310 e. The number of aromatic nitrogens is 4. The second-order valence-corrected chi connectivity index (χ2v) is 5.32. The van der Waals surface area contributed by atoms with Crippen LogP contribution in [0.3, 0.4) is 0 Å². The van der Waals surface area contributed by atoms with E-state index in [0.717, 1.165) is 34.9 Å². The van der Waals surface area contributed by atoms with Crippen molar-refractivity contribution in [2.75, 3.05) is 6.54 Å². The average Bonchev–Trinajstić information content (AvgIpc) is 2.83. The number of nitrogens with one attached hydrogen (secondary N) is 1. The standard InChI is InChI=1S/C14H20ClN5/c1-4-7-16-13(9-14-17-19-20(3)18-14)11-6-5-10(2)12(15)8-11/h5-6,8,13,16H,4,7,9H2,1-3H3. The third kappa shape index (κ3) is 3.77. The van der Waals surface area contributed by atoms with E-state index in [1.54, 1.807) is 7.05 Å². The SMILES string of the molecule is CCCNC(Cc1nnn(C)n1)c1ccc(C)c(Cl)c1. The van der Waals surface area contributed by atoms with Crippen LogP contribution >= 0.6 is 11.6 Å². The highest BCUT2D eigenvalue weighted by Gasteiger charge is 2.15. The van der Waals surface area contributed by atoms with Crippen LogP contribution in [0.5, 0.6) is 0 Å². The molecule has 1 unspecified atom stereocenters. The minimum atomic E-state index is 0.150. The van der Waals surface area contributed by atoms with Crippen molar-refractivity contribution in [1.29, 1.82) is 0 Å². The van der Waals surface area contributed by atoms with Crippen molar-refractivity contribution in [3.63, 3.8) is 0 Å². The van der Waals surface area contributed by atoms with Crippen molar-refractivity contribution >= 4 is 11.6 Å². The highest BCUT2D eigenvalue weighted by molar-refractivity contribution is 6.31. The summed E-state index contributed by atoms with van der Waals surface area (Å²) in [5.41, 5.74) is 2.24. The molecule has 0 amide bonds. The van der Waals surface area contributed by atoms with Crippen LogP contribution in [0.2, 0.25) is 5.02 Å². The van der Waals surface area contributed by atoms with Crippen LogP contribution in [0, 0.1) is 6.92 Å². The van der Waals surface area contributed by atoms with Crippen molar-refractivity contribution in [1.82, 2.24) is 25.5 Å². The maximum absolute atomic E-state index is 6.22. The third-order valence-electron chi connectivity index (χ3n) is 3.18. The van der Waals surface area contributed by atoms with Gasteiger partial charge in [-0.3, -0.25) is 0 Å². The molecule has 1 aromatic heterocycles. The summed E-state index contributed by atoms with van der Waals surface area (Å²) in [6, 6.07) is 6.31. The zero-order valence-corrected chi connectivity index (χ0v) is 12.9. The first-order valence-electron chi connectivity index (χ1n) is 6.82. The number of aryl methyl sites for hydroxylation is 2. The Hall–Kier alpha value is -1.46. The fraction of sp³-hybridized carbons (Fsp3) is 0.500. The number of nitrogens with zero attached hydrogens (tertiary/aromatic N) is 4. The number of halogens is 1. The Morgan fingerprint density at radius 2 is 2.20 bits per heavy atom. The van der Waals surface area contributed by atoms with Gasteiger partial charge in [-0.15, -0.1) is 10.2 Å². The molecule has 1 heterocycles. The van der Waals surface area contributed by atoms with E-state index in [-0.39, 0.29) is 6.04 Å². The molecule has 0 spiro atoms. The predicted molar refractivity (Wildman–Crippen MR) is 79.7 cm³/mol. The zero-order chi connectivity index (χ0) is 14.5. The fourth-order valence-electron chi connectivity index (χ4n) is 2.04. The van der Waals surface area contributed by atoms with Gasteiger partial charge < -0.3 is 5.32 Å². The van der Waals surface area contributed by atoms with Gasteiger partial charge in [0, 0.05) is 17.5 Å². The molecule has 5 nitrogen and oxygen atoms in total. The quantitative estimate of drug-likeness (QED) is 0.889. The molecule has 108 valence electrons. The van der Waals surface area contributed by atoms with Crippen molar-refractivity contribution in [2.45, 2.75) is 32.7 Å². The van der Waals surface area contributed by atoms with Gasteiger partial charge in [-0.05, 0) is 42.3 Å². The molecule has 20 heavy (non-hydrogen) atoms. The lowest BCUT2D eigenvalue weighted by Crippen LogP contribution is -2.24. The van der Waals surface area contributed by atoms with Crippen LogP contribution in [0.25, 0.3) is 0 Å². The zero-order valence-electron chi connectivity index (χ0n) is 12.1. The van der Waals surface area contributed by atoms with Gasteiger partial charge in [0.2, 0.25) is 0 Å². The minimum Gasteiger partial charge on any atom is -0.310 e. The van der Waals surface area contributed by atoms with Gasteiger partial charge in [0.25, 0.3) is 0 Å². The molecule has 0 aliphatic rings. The maximum Gasteiger partial charge on any atom is 0.176 e. The van der Waals surface area contributed by atoms with Crippen LogP contribution in [0.1, 0.15) is 36.3 Å². The summed E-state index contributed by atoms with van der Waals surface area (Å²) in [5.74, 6) is 0.734. The monoisotopic (exact) mass is 293 g/mol. The number of tetrazole rings is 1. The summed E-state index contributed by atoms with van der Waals surface area (Å²) < 4.78 is 0. The Bertz CT molecular complexity index is 566. The average molecular weight is 294 g/mol. The highest BCUT2D eigenvalue weighted by Crippen LogP contribution is 2.23. The van der Waals surface area contributed by atoms with Gasteiger partial charge in [0.1, 0.15) is 0 Å². The minimum absolute atomic E-state index is 0.150. The highest BCUT2D eigenvalue weighted by atomic mass is 35.5. The first kappa shape index (κ1) is 14.9. The van der Waals surface area contributed by atoms with Crippen LogP contribution in [0.15, 0.2) is 18.2 Å². The van der Waals surface area contributed by atoms with Crippen molar-refractivity contribution in [3.05, 3.63) is 40.2 Å². The summed E-state index contributed by atoms with van der Waals surface area (Å²) in [6.45, 7) is 5.09. The van der Waals surface area contributed by atoms with Gasteiger partial charge >= 0.3 is 0 Å². The third-order valence-corrected chi connectivity index (χ3v) is 3.58. The molecular formula is C14H20ClN5. The fourth-order valence-corrected chi connectivity index (χ4v) is 2.23. The van der Waals surface area contributed by atoms with Crippen molar-refractivity contribution in [3.8, 4) is 0 Å². The molecule has 1 atom stereocenters. The Morgan fingerprint density at radius 3 is 2.80 bits per heavy atom. The molecule has 0 aliphatic carbocycles. The van der Waals surface area contributed by atoms with Crippen LogP contribution in [0.4, 0.5) is 0 Å². The van der Waals surface area contributed by atoms with E-state index in [1.807, 2.05) is 19.1 Å². The Kier molecular flexibility index (Phi) is 5.09. The predicted octanol–water partition coefficient (Wildman–Crippen LogP) is 2.46. The van der Waals surface area contributed by atoms with Gasteiger partial charge in [-0.25, -0.2) is 0 Å². The van der Waals surface area contributed by atoms with Gasteiger partial charge in [-0.1, -0.05) is 30.7 Å². The van der Waals surface area contributed by atoms with Crippen LogP contribution < -0.4 is 5.32 Å². The lowest BCUT2D eigenvalue weighted by Gasteiger charge is -2.18. The molecule has 0 radical (unpaired) electrons. The molecule has 0 saturated heterocycles. The van der Waals surface area contributed by atoms with E-state index < -0.39 is 0 Å². The molecule has 0 bridgehead atoms. The van der Waals surface area contributed by atoms with Gasteiger partial charge in [0.15, 0.2) is 5.82 Å². The molecule has 1 aromatic carbocycles. The molecule has 2 rings (SSSR count). The van der Waals surface area contributed by atoms with E-state index in [0.29, 0.717) is 6.42 Å². The Morgan fingerprint density at radius 1 is 1.40 bits per heavy atom. The first-order chi connectivity index (χ1) is 9.60. The molecule has 0 aliphatic heterocycles. The summed E-state index contributed by atoms with van der Waals surface area (Å²) in [5, 5.41) is 16.5. The summed E-state index contributed by atoms with van der Waals surface area (Å²) in [6.07, 6.45) is 1.78. The summed E-state index contributed by atoms with van der Waals surface area (Å²) in [7, 11) is 1.77. The molecular weight excluding hydrogens is 274 g/mol. The van der Waals surface area contributed by atoms with Crippen molar-refractivity contribution in [2.24, 2.45) is 7.05 Å². The lowest BCUT2D eigenvalue weighted by atomic mass is 10.0. The molecule has 2 aromatic rings.